The average Bonchev–Trinajstić information content (AvgIpc) is 1.87. The zero-order valence-electron chi connectivity index (χ0n) is 5.20. The van der Waals surface area contributed by atoms with Crippen molar-refractivity contribution in [2.75, 3.05) is 13.2 Å². The van der Waals surface area contributed by atoms with Crippen LogP contribution < -0.4 is 5.90 Å². The second-order valence-corrected chi connectivity index (χ2v) is 1.88. The predicted molar refractivity (Wildman–Crippen MR) is 35.1 cm³/mol. The lowest BCUT2D eigenvalue weighted by molar-refractivity contribution is -0.0982. The summed E-state index contributed by atoms with van der Waals surface area (Å²) in [5, 5.41) is 16.8. The van der Waals surface area contributed by atoms with Gasteiger partial charge in [-0.25, -0.2) is 5.90 Å². The number of hydrogen-bond acceptors (Lipinski definition) is 4. The first-order valence-electron chi connectivity index (χ1n) is 2.28. The van der Waals surface area contributed by atoms with E-state index in [0.29, 0.717) is 0 Å². The summed E-state index contributed by atoms with van der Waals surface area (Å²) in [6, 6.07) is 0. The van der Waals surface area contributed by atoms with Crippen molar-refractivity contribution in [2.24, 2.45) is 5.90 Å². The highest BCUT2D eigenvalue weighted by Gasteiger charge is 2.21. The highest BCUT2D eigenvalue weighted by atomic mass is 35.5. The van der Waals surface area contributed by atoms with E-state index in [0.717, 1.165) is 0 Å². The largest absolute Gasteiger partial charge is 0.393 e. The van der Waals surface area contributed by atoms with Gasteiger partial charge in [-0.05, 0) is 6.92 Å². The molecule has 0 saturated heterocycles. The van der Waals surface area contributed by atoms with Crippen LogP contribution in [0.15, 0.2) is 0 Å². The van der Waals surface area contributed by atoms with Gasteiger partial charge >= 0.3 is 0 Å². The smallest absolute Gasteiger partial charge is 0.132 e. The van der Waals surface area contributed by atoms with Gasteiger partial charge in [0, 0.05) is 0 Å². The molecule has 0 atom stereocenters. The van der Waals surface area contributed by atoms with E-state index in [1.165, 1.54) is 6.92 Å². The molecule has 4 N–H and O–H groups in total. The zero-order chi connectivity index (χ0) is 6.62. The van der Waals surface area contributed by atoms with E-state index in [-0.39, 0.29) is 25.6 Å². The number of rotatable bonds is 3. The monoisotopic (exact) mass is 157 g/mol. The lowest BCUT2D eigenvalue weighted by Crippen LogP contribution is -2.39. The van der Waals surface area contributed by atoms with Crippen LogP contribution in [0.2, 0.25) is 0 Å². The fraction of sp³-hybridized carbons (Fsp3) is 1.00. The van der Waals surface area contributed by atoms with Gasteiger partial charge in [-0.3, -0.25) is 4.84 Å². The van der Waals surface area contributed by atoms with E-state index in [2.05, 4.69) is 4.84 Å². The van der Waals surface area contributed by atoms with Gasteiger partial charge in [0.2, 0.25) is 0 Å². The third-order valence-electron chi connectivity index (χ3n) is 0.953. The molecule has 0 heterocycles. The van der Waals surface area contributed by atoms with E-state index in [1.807, 2.05) is 0 Å². The number of nitrogens with two attached hydrogens (primary N) is 1. The van der Waals surface area contributed by atoms with Crippen LogP contribution in [0.5, 0.6) is 0 Å². The molecule has 0 aromatic heterocycles. The van der Waals surface area contributed by atoms with Crippen molar-refractivity contribution >= 4 is 12.4 Å². The molecule has 0 radical (unpaired) electrons. The molecule has 0 aromatic rings. The molecule has 0 fully saturated rings. The average molecular weight is 158 g/mol. The molecular formula is C4H12ClNO3. The highest BCUT2D eigenvalue weighted by molar-refractivity contribution is 5.85. The van der Waals surface area contributed by atoms with Crippen molar-refractivity contribution in [3.05, 3.63) is 0 Å². The summed E-state index contributed by atoms with van der Waals surface area (Å²) < 4.78 is 0. The number of hydrogen-bond donors (Lipinski definition) is 3. The van der Waals surface area contributed by atoms with Crippen molar-refractivity contribution in [1.82, 2.24) is 0 Å². The number of aliphatic hydroxyl groups is 2. The van der Waals surface area contributed by atoms with Crippen LogP contribution in [0, 0.1) is 0 Å². The summed E-state index contributed by atoms with van der Waals surface area (Å²) in [5.74, 6) is 4.71. The first-order valence-corrected chi connectivity index (χ1v) is 2.28. The van der Waals surface area contributed by atoms with E-state index >= 15 is 0 Å². The third-order valence-corrected chi connectivity index (χ3v) is 0.953. The Hall–Kier alpha value is 0.130. The first-order chi connectivity index (χ1) is 3.68. The molecule has 0 aliphatic heterocycles. The van der Waals surface area contributed by atoms with Gasteiger partial charge in [0.05, 0.1) is 13.2 Å². The molecule has 9 heavy (non-hydrogen) atoms. The van der Waals surface area contributed by atoms with Gasteiger partial charge in [-0.15, -0.1) is 12.4 Å². The number of aliphatic hydroxyl groups excluding tert-OH is 2. The molecular weight excluding hydrogens is 146 g/mol. The molecule has 0 unspecified atom stereocenters. The first kappa shape index (κ1) is 11.9. The minimum atomic E-state index is -0.986. The van der Waals surface area contributed by atoms with Crippen molar-refractivity contribution in [1.29, 1.82) is 0 Å². The quantitative estimate of drug-likeness (QED) is 0.462. The lowest BCUT2D eigenvalue weighted by Gasteiger charge is -2.20. The Morgan fingerprint density at radius 1 is 1.44 bits per heavy atom. The topological polar surface area (TPSA) is 75.7 Å². The van der Waals surface area contributed by atoms with E-state index < -0.39 is 5.60 Å². The third kappa shape index (κ3) is 3.66. The standard InChI is InChI=1S/C4H11NO3.ClH/c1-4(2-6,3-7)8-5;/h6-7H,2-3,5H2,1H3;1H. The minimum Gasteiger partial charge on any atom is -0.393 e. The van der Waals surface area contributed by atoms with Crippen LogP contribution in [-0.4, -0.2) is 29.0 Å². The Labute approximate surface area is 60.0 Å². The van der Waals surface area contributed by atoms with E-state index in [9.17, 15) is 0 Å². The molecule has 0 spiro atoms. The molecule has 5 heteroatoms. The van der Waals surface area contributed by atoms with Crippen LogP contribution in [0.25, 0.3) is 0 Å². The van der Waals surface area contributed by atoms with Crippen LogP contribution in [-0.2, 0) is 4.84 Å². The van der Waals surface area contributed by atoms with Crippen LogP contribution >= 0.6 is 12.4 Å². The SMILES string of the molecule is CC(CO)(CO)ON.Cl. The second-order valence-electron chi connectivity index (χ2n) is 1.88. The summed E-state index contributed by atoms with van der Waals surface area (Å²) >= 11 is 0. The van der Waals surface area contributed by atoms with Crippen molar-refractivity contribution < 1.29 is 15.1 Å². The van der Waals surface area contributed by atoms with Crippen molar-refractivity contribution in [2.45, 2.75) is 12.5 Å². The Bertz CT molecular complexity index is 58.6. The summed E-state index contributed by atoms with van der Waals surface area (Å²) in [7, 11) is 0. The van der Waals surface area contributed by atoms with Gasteiger partial charge < -0.3 is 10.2 Å². The van der Waals surface area contributed by atoms with Gasteiger partial charge in [-0.1, -0.05) is 0 Å². The van der Waals surface area contributed by atoms with E-state index in [4.69, 9.17) is 16.1 Å². The van der Waals surface area contributed by atoms with Gasteiger partial charge in [-0.2, -0.15) is 0 Å². The van der Waals surface area contributed by atoms with Crippen LogP contribution in [0.3, 0.4) is 0 Å². The normalized spacial score (nSPS) is 10.7. The van der Waals surface area contributed by atoms with E-state index in [1.54, 1.807) is 0 Å². The predicted octanol–water partition coefficient (Wildman–Crippen LogP) is -0.958. The molecule has 0 rings (SSSR count). The Balaban J connectivity index is 0. The Kier molecular flexibility index (Phi) is 6.54. The summed E-state index contributed by atoms with van der Waals surface area (Å²) in [6.45, 7) is 0.951. The molecule has 4 nitrogen and oxygen atoms in total. The van der Waals surface area contributed by atoms with Crippen molar-refractivity contribution in [3.8, 4) is 0 Å². The fourth-order valence-corrected chi connectivity index (χ4v) is 0.125. The molecule has 0 bridgehead atoms. The molecule has 0 saturated carbocycles. The zero-order valence-corrected chi connectivity index (χ0v) is 6.02. The lowest BCUT2D eigenvalue weighted by atomic mass is 10.1. The van der Waals surface area contributed by atoms with Crippen molar-refractivity contribution in [3.63, 3.8) is 0 Å². The maximum absolute atomic E-state index is 8.42. The second kappa shape index (κ2) is 4.96. The fourth-order valence-electron chi connectivity index (χ4n) is 0.125. The Morgan fingerprint density at radius 3 is 1.78 bits per heavy atom. The summed E-state index contributed by atoms with van der Waals surface area (Å²) in [4.78, 5) is 4.24. The minimum absolute atomic E-state index is 0. The Morgan fingerprint density at radius 2 is 1.78 bits per heavy atom. The van der Waals surface area contributed by atoms with Gasteiger partial charge in [0.25, 0.3) is 0 Å². The van der Waals surface area contributed by atoms with Crippen LogP contribution in [0.1, 0.15) is 6.92 Å². The molecule has 0 aliphatic carbocycles. The molecule has 0 amide bonds. The number of halogens is 1. The maximum atomic E-state index is 8.42. The van der Waals surface area contributed by atoms with Crippen LogP contribution in [0.4, 0.5) is 0 Å². The molecule has 0 aliphatic rings. The molecule has 58 valence electrons. The highest BCUT2D eigenvalue weighted by Crippen LogP contribution is 2.02. The van der Waals surface area contributed by atoms with Gasteiger partial charge in [0.1, 0.15) is 5.60 Å². The summed E-state index contributed by atoms with van der Waals surface area (Å²) in [6.07, 6.45) is 0. The maximum Gasteiger partial charge on any atom is 0.132 e. The molecule has 0 aromatic carbocycles. The van der Waals surface area contributed by atoms with Gasteiger partial charge in [0.15, 0.2) is 0 Å². The summed E-state index contributed by atoms with van der Waals surface area (Å²) in [5.41, 5.74) is -0.986.